The minimum Gasteiger partial charge on any atom is -0.507 e. The lowest BCUT2D eigenvalue weighted by Crippen LogP contribution is -2.28. The van der Waals surface area contributed by atoms with Crippen LogP contribution in [0.1, 0.15) is 55.5 Å². The van der Waals surface area contributed by atoms with Crippen LogP contribution in [-0.4, -0.2) is 34.3 Å². The molecule has 0 aliphatic carbocycles. The number of nitrogens with one attached hydrogen (secondary N) is 1. The number of aliphatic hydroxyl groups is 1. The number of fused-ring (bicyclic) bond motifs is 1. The van der Waals surface area contributed by atoms with E-state index in [0.29, 0.717) is 24.8 Å². The van der Waals surface area contributed by atoms with Gasteiger partial charge >= 0.3 is 5.97 Å². The number of aliphatic hydroxyl groups excluding tert-OH is 1. The van der Waals surface area contributed by atoms with Crippen LogP contribution < -0.4 is 5.32 Å². The van der Waals surface area contributed by atoms with Gasteiger partial charge in [-0.05, 0) is 36.8 Å². The number of cyclic esters (lactones) is 1. The van der Waals surface area contributed by atoms with Crippen LogP contribution >= 0.6 is 0 Å². The Bertz CT molecular complexity index is 884. The van der Waals surface area contributed by atoms with Crippen molar-refractivity contribution in [3.63, 3.8) is 0 Å². The molecule has 0 bridgehead atoms. The molecule has 0 fully saturated rings. The highest BCUT2D eigenvalue weighted by Gasteiger charge is 2.25. The molecule has 6 nitrogen and oxygen atoms in total. The first-order valence-corrected chi connectivity index (χ1v) is 11.1. The second-order valence-electron chi connectivity index (χ2n) is 7.87. The number of aromatic hydroxyl groups is 1. The summed E-state index contributed by atoms with van der Waals surface area (Å²) in [5.74, 6) is -1.02. The molecule has 3 atom stereocenters. The van der Waals surface area contributed by atoms with Gasteiger partial charge in [0, 0.05) is 25.1 Å². The van der Waals surface area contributed by atoms with Crippen molar-refractivity contribution in [3.05, 3.63) is 78.1 Å². The molecule has 1 aromatic carbocycles. The molecular formula is C26H33NO5. The molecule has 0 saturated carbocycles. The summed E-state index contributed by atoms with van der Waals surface area (Å²) < 4.78 is 5.68. The number of allylic oxidation sites excluding steroid dienone is 5. The Labute approximate surface area is 190 Å². The average Bonchev–Trinajstić information content (AvgIpc) is 2.76. The van der Waals surface area contributed by atoms with E-state index in [4.69, 9.17) is 4.74 Å². The van der Waals surface area contributed by atoms with Crippen LogP contribution in [0.4, 0.5) is 0 Å². The fourth-order valence-corrected chi connectivity index (χ4v) is 3.34. The Kier molecular flexibility index (Phi) is 10.5. The molecule has 2 rings (SSSR count). The molecule has 0 radical (unpaired) electrons. The van der Waals surface area contributed by atoms with E-state index in [1.54, 1.807) is 30.4 Å². The largest absolute Gasteiger partial charge is 0.507 e. The van der Waals surface area contributed by atoms with Crippen LogP contribution in [0, 0.1) is 5.92 Å². The first-order chi connectivity index (χ1) is 15.4. The Morgan fingerprint density at radius 2 is 2.06 bits per heavy atom. The van der Waals surface area contributed by atoms with Gasteiger partial charge < -0.3 is 20.3 Å². The van der Waals surface area contributed by atoms with E-state index in [1.165, 1.54) is 18.3 Å². The van der Waals surface area contributed by atoms with Crippen molar-refractivity contribution in [1.82, 2.24) is 5.32 Å². The number of carbonyl (C=O) groups is 2. The van der Waals surface area contributed by atoms with Crippen LogP contribution in [0.5, 0.6) is 5.75 Å². The molecule has 1 amide bonds. The minimum atomic E-state index is -0.656. The average molecular weight is 440 g/mol. The molecule has 0 spiro atoms. The number of hydrogen-bond acceptors (Lipinski definition) is 5. The topological polar surface area (TPSA) is 95.9 Å². The predicted octanol–water partition coefficient (Wildman–Crippen LogP) is 4.35. The lowest BCUT2D eigenvalue weighted by molar-refractivity contribution is -0.115. The molecule has 0 aromatic heterocycles. The number of phenolic OH excluding ortho intramolecular Hbond substituents is 1. The summed E-state index contributed by atoms with van der Waals surface area (Å²) in [6.45, 7) is 3.96. The highest BCUT2D eigenvalue weighted by molar-refractivity contribution is 5.94. The minimum absolute atomic E-state index is 0.000482. The summed E-state index contributed by atoms with van der Waals surface area (Å²) >= 11 is 0. The third kappa shape index (κ3) is 8.19. The normalized spacial score (nSPS) is 22.5. The van der Waals surface area contributed by atoms with Gasteiger partial charge in [0.2, 0.25) is 5.91 Å². The van der Waals surface area contributed by atoms with E-state index in [0.717, 1.165) is 6.42 Å². The molecule has 3 N–H and O–H groups in total. The van der Waals surface area contributed by atoms with Crippen LogP contribution in [0.15, 0.2) is 66.9 Å². The number of esters is 1. The van der Waals surface area contributed by atoms with Gasteiger partial charge in [0.1, 0.15) is 17.4 Å². The van der Waals surface area contributed by atoms with Crippen molar-refractivity contribution >= 4 is 11.9 Å². The summed E-state index contributed by atoms with van der Waals surface area (Å²) in [6, 6.07) is 4.95. The zero-order chi connectivity index (χ0) is 23.3. The zero-order valence-electron chi connectivity index (χ0n) is 18.7. The van der Waals surface area contributed by atoms with Crippen LogP contribution in [-0.2, 0) is 16.0 Å². The SMILES string of the molecule is CCC=CC=CC(=O)NC=CC[C@H]1C[C@H](O)[C@H](C)CC=CCc2cccc(O)c2C(=O)O1. The number of rotatable bonds is 6. The van der Waals surface area contributed by atoms with Gasteiger partial charge in [-0.15, -0.1) is 0 Å². The Balaban J connectivity index is 2.11. The summed E-state index contributed by atoms with van der Waals surface area (Å²) in [5.41, 5.74) is 0.832. The van der Waals surface area contributed by atoms with Gasteiger partial charge in [-0.1, -0.05) is 62.4 Å². The lowest BCUT2D eigenvalue weighted by Gasteiger charge is -2.24. The number of carbonyl (C=O) groups excluding carboxylic acids is 2. The second kappa shape index (κ2) is 13.3. The maximum absolute atomic E-state index is 12.9. The summed E-state index contributed by atoms with van der Waals surface area (Å²) in [7, 11) is 0. The molecule has 1 heterocycles. The molecule has 1 aliphatic rings. The molecule has 6 heteroatoms. The molecule has 172 valence electrons. The van der Waals surface area contributed by atoms with Crippen molar-refractivity contribution in [3.8, 4) is 5.75 Å². The van der Waals surface area contributed by atoms with Gasteiger partial charge in [-0.2, -0.15) is 0 Å². The van der Waals surface area contributed by atoms with Crippen LogP contribution in [0.3, 0.4) is 0 Å². The van der Waals surface area contributed by atoms with Gasteiger partial charge in [0.05, 0.1) is 6.10 Å². The molecule has 1 aliphatic heterocycles. The maximum Gasteiger partial charge on any atom is 0.342 e. The summed E-state index contributed by atoms with van der Waals surface area (Å²) in [6.07, 6.45) is 15.3. The van der Waals surface area contributed by atoms with E-state index in [9.17, 15) is 19.8 Å². The third-order valence-corrected chi connectivity index (χ3v) is 5.25. The number of benzene rings is 1. The van der Waals surface area contributed by atoms with E-state index >= 15 is 0 Å². The third-order valence-electron chi connectivity index (χ3n) is 5.25. The smallest absolute Gasteiger partial charge is 0.342 e. The quantitative estimate of drug-likeness (QED) is 0.265. The van der Waals surface area contributed by atoms with E-state index in [1.807, 2.05) is 32.1 Å². The number of amides is 1. The van der Waals surface area contributed by atoms with E-state index < -0.39 is 18.2 Å². The maximum atomic E-state index is 12.9. The van der Waals surface area contributed by atoms with E-state index in [2.05, 4.69) is 5.32 Å². The van der Waals surface area contributed by atoms with Gasteiger partial charge in [0.25, 0.3) is 0 Å². The Hall–Kier alpha value is -3.12. The second-order valence-corrected chi connectivity index (χ2v) is 7.87. The van der Waals surface area contributed by atoms with Gasteiger partial charge in [-0.3, -0.25) is 4.79 Å². The Morgan fingerprint density at radius 3 is 2.84 bits per heavy atom. The van der Waals surface area contributed by atoms with Gasteiger partial charge in [0.15, 0.2) is 0 Å². The summed E-state index contributed by atoms with van der Waals surface area (Å²) in [5, 5.41) is 23.4. The lowest BCUT2D eigenvalue weighted by atomic mass is 9.93. The van der Waals surface area contributed by atoms with Crippen LogP contribution in [0.2, 0.25) is 0 Å². The molecule has 0 saturated heterocycles. The van der Waals surface area contributed by atoms with Crippen molar-refractivity contribution in [1.29, 1.82) is 0 Å². The van der Waals surface area contributed by atoms with Gasteiger partial charge in [-0.25, -0.2) is 4.79 Å². The van der Waals surface area contributed by atoms with Crippen molar-refractivity contribution in [2.45, 2.75) is 58.2 Å². The number of ether oxygens (including phenoxy) is 1. The first kappa shape index (κ1) is 25.1. The fraction of sp³-hybridized carbons (Fsp3) is 0.385. The highest BCUT2D eigenvalue weighted by Crippen LogP contribution is 2.26. The molecule has 1 aromatic rings. The van der Waals surface area contributed by atoms with Crippen molar-refractivity contribution < 1.29 is 24.5 Å². The fourth-order valence-electron chi connectivity index (χ4n) is 3.34. The molecule has 0 unspecified atom stereocenters. The number of phenols is 1. The molecule has 32 heavy (non-hydrogen) atoms. The number of hydrogen-bond donors (Lipinski definition) is 3. The van der Waals surface area contributed by atoms with Crippen molar-refractivity contribution in [2.24, 2.45) is 5.92 Å². The van der Waals surface area contributed by atoms with E-state index in [-0.39, 0.29) is 29.6 Å². The highest BCUT2D eigenvalue weighted by atomic mass is 16.5. The van der Waals surface area contributed by atoms with Crippen LogP contribution in [0.25, 0.3) is 0 Å². The monoisotopic (exact) mass is 439 g/mol. The standard InChI is InChI=1S/C26H33NO5/c1-3-4-5-6-16-24(30)27-17-10-14-21-18-23(29)19(2)11-7-8-12-20-13-9-15-22(28)25(20)26(31)32-21/h4-10,13,15-17,19,21,23,28-29H,3,11-12,14,18H2,1-2H3,(H,27,30)/t19-,21+,23+/m1/s1. The molecular weight excluding hydrogens is 406 g/mol. The summed E-state index contributed by atoms with van der Waals surface area (Å²) in [4.78, 5) is 24.6. The first-order valence-electron chi connectivity index (χ1n) is 11.1. The Morgan fingerprint density at radius 1 is 1.25 bits per heavy atom. The van der Waals surface area contributed by atoms with Crippen molar-refractivity contribution in [2.75, 3.05) is 0 Å². The predicted molar refractivity (Wildman–Crippen MR) is 125 cm³/mol. The zero-order valence-corrected chi connectivity index (χ0v) is 18.7.